The van der Waals surface area contributed by atoms with E-state index in [1.807, 2.05) is 0 Å². The van der Waals surface area contributed by atoms with Gasteiger partial charge in [-0.05, 0) is 24.5 Å². The highest BCUT2D eigenvalue weighted by Gasteiger charge is 2.13. The van der Waals surface area contributed by atoms with Gasteiger partial charge in [-0.1, -0.05) is 23.4 Å². The molecule has 0 unspecified atom stereocenters. The fourth-order valence-corrected chi connectivity index (χ4v) is 1.99. The fraction of sp³-hybridized carbons (Fsp3) is 0.0833. The molecule has 1 heterocycles. The van der Waals surface area contributed by atoms with Crippen LogP contribution < -0.4 is 10.9 Å². The number of benzene rings is 1. The zero-order valence-electron chi connectivity index (χ0n) is 10.2. The van der Waals surface area contributed by atoms with E-state index in [0.29, 0.717) is 5.16 Å². The smallest absolute Gasteiger partial charge is 0.264 e. The van der Waals surface area contributed by atoms with E-state index in [2.05, 4.69) is 15.3 Å². The van der Waals surface area contributed by atoms with Crippen molar-refractivity contribution >= 4 is 35.0 Å². The molecule has 2 aromatic rings. The number of H-pyrrole nitrogens is 1. The summed E-state index contributed by atoms with van der Waals surface area (Å²) in [5.41, 5.74) is -0.491. The molecule has 2 rings (SSSR count). The molecule has 0 aliphatic carbocycles. The predicted molar refractivity (Wildman–Crippen MR) is 76.0 cm³/mol. The Balaban J connectivity index is 2.26. The van der Waals surface area contributed by atoms with E-state index in [1.165, 1.54) is 24.0 Å². The van der Waals surface area contributed by atoms with E-state index in [4.69, 9.17) is 11.6 Å². The van der Waals surface area contributed by atoms with Gasteiger partial charge in [-0.2, -0.15) is 0 Å². The number of amides is 1. The molecular weight excluding hydrogens is 305 g/mol. The third kappa shape index (κ3) is 3.17. The summed E-state index contributed by atoms with van der Waals surface area (Å²) in [7, 11) is 0. The number of nitrogens with one attached hydrogen (secondary N) is 2. The number of carbonyl (C=O) groups is 1. The maximum atomic E-state index is 12.9. The number of hydrogen-bond donors (Lipinski definition) is 2. The van der Waals surface area contributed by atoms with Gasteiger partial charge in [-0.25, -0.2) is 9.37 Å². The topological polar surface area (TPSA) is 74.8 Å². The second-order valence-electron chi connectivity index (χ2n) is 3.71. The quantitative estimate of drug-likeness (QED) is 0.674. The standard InChI is InChI=1S/C12H9ClFN3O2S/c1-20-12-15-5-7(11(19)17-12)10(18)16-9-3-2-6(14)4-8(9)13/h2-5H,1H3,(H,16,18)(H,15,17,19). The molecule has 0 radical (unpaired) electrons. The van der Waals surface area contributed by atoms with E-state index < -0.39 is 17.3 Å². The molecule has 5 nitrogen and oxygen atoms in total. The van der Waals surface area contributed by atoms with Gasteiger partial charge >= 0.3 is 0 Å². The minimum atomic E-state index is -0.667. The molecule has 8 heteroatoms. The van der Waals surface area contributed by atoms with Crippen LogP contribution in [0.5, 0.6) is 0 Å². The average Bonchev–Trinajstić information content (AvgIpc) is 2.41. The fourth-order valence-electron chi connectivity index (χ4n) is 1.42. The Hall–Kier alpha value is -1.86. The number of hydrogen-bond acceptors (Lipinski definition) is 4. The SMILES string of the molecule is CSc1ncc(C(=O)Nc2ccc(F)cc2Cl)c(=O)[nH]1. The molecule has 0 saturated heterocycles. The van der Waals surface area contributed by atoms with Gasteiger partial charge in [0.1, 0.15) is 11.4 Å². The van der Waals surface area contributed by atoms with Crippen LogP contribution in [0.2, 0.25) is 5.02 Å². The Bertz CT molecular complexity index is 720. The summed E-state index contributed by atoms with van der Waals surface area (Å²) < 4.78 is 12.9. The zero-order valence-corrected chi connectivity index (χ0v) is 11.8. The average molecular weight is 314 g/mol. The molecule has 1 aromatic heterocycles. The Labute approximate surface area is 122 Å². The van der Waals surface area contributed by atoms with Gasteiger partial charge in [-0.3, -0.25) is 9.59 Å². The van der Waals surface area contributed by atoms with E-state index in [1.54, 1.807) is 6.26 Å². The molecule has 0 aliphatic rings. The maximum absolute atomic E-state index is 12.9. The lowest BCUT2D eigenvalue weighted by Crippen LogP contribution is -2.24. The van der Waals surface area contributed by atoms with Crippen molar-refractivity contribution in [1.82, 2.24) is 9.97 Å². The number of nitrogens with zero attached hydrogens (tertiary/aromatic N) is 1. The predicted octanol–water partition coefficient (Wildman–Crippen LogP) is 2.54. The molecule has 1 amide bonds. The lowest BCUT2D eigenvalue weighted by Gasteiger charge is -2.06. The molecule has 1 aromatic carbocycles. The highest BCUT2D eigenvalue weighted by Crippen LogP contribution is 2.22. The van der Waals surface area contributed by atoms with Crippen molar-refractivity contribution in [3.8, 4) is 0 Å². The second-order valence-corrected chi connectivity index (χ2v) is 4.92. The summed E-state index contributed by atoms with van der Waals surface area (Å²) in [6.45, 7) is 0. The number of halogens is 2. The van der Waals surface area contributed by atoms with Crippen molar-refractivity contribution in [3.63, 3.8) is 0 Å². The van der Waals surface area contributed by atoms with Crippen LogP contribution in [0.15, 0.2) is 34.3 Å². The van der Waals surface area contributed by atoms with Crippen LogP contribution in [0.4, 0.5) is 10.1 Å². The summed E-state index contributed by atoms with van der Waals surface area (Å²) in [5.74, 6) is -1.18. The van der Waals surface area contributed by atoms with Gasteiger partial charge in [0.25, 0.3) is 11.5 Å². The second kappa shape index (κ2) is 6.06. The van der Waals surface area contributed by atoms with Gasteiger partial charge in [0.05, 0.1) is 10.7 Å². The van der Waals surface area contributed by atoms with E-state index >= 15 is 0 Å². The number of carbonyl (C=O) groups excluding carboxylic acids is 1. The summed E-state index contributed by atoms with van der Waals surface area (Å²) in [4.78, 5) is 30.0. The number of anilines is 1. The maximum Gasteiger partial charge on any atom is 0.264 e. The molecule has 0 fully saturated rings. The lowest BCUT2D eigenvalue weighted by molar-refractivity contribution is 0.102. The normalized spacial score (nSPS) is 10.3. The molecule has 0 bridgehead atoms. The largest absolute Gasteiger partial charge is 0.320 e. The first-order chi connectivity index (χ1) is 9.51. The van der Waals surface area contributed by atoms with E-state index in [9.17, 15) is 14.0 Å². The minimum absolute atomic E-state index is 0.0449. The van der Waals surface area contributed by atoms with Gasteiger partial charge in [0, 0.05) is 6.20 Å². The van der Waals surface area contributed by atoms with Gasteiger partial charge in [-0.15, -0.1) is 0 Å². The van der Waals surface area contributed by atoms with Crippen molar-refractivity contribution < 1.29 is 9.18 Å². The first kappa shape index (κ1) is 14.5. The molecule has 0 atom stereocenters. The Kier molecular flexibility index (Phi) is 4.41. The summed E-state index contributed by atoms with van der Waals surface area (Å²) in [5, 5.41) is 2.88. The Morgan fingerprint density at radius 3 is 2.85 bits per heavy atom. The van der Waals surface area contributed by atoms with Crippen LogP contribution in [0.25, 0.3) is 0 Å². The van der Waals surface area contributed by atoms with Crippen LogP contribution in [0.3, 0.4) is 0 Å². The first-order valence-corrected chi connectivity index (χ1v) is 7.01. The van der Waals surface area contributed by atoms with Crippen molar-refractivity contribution in [2.24, 2.45) is 0 Å². The van der Waals surface area contributed by atoms with Gasteiger partial charge < -0.3 is 10.3 Å². The Morgan fingerprint density at radius 2 is 2.25 bits per heavy atom. The number of aromatic amines is 1. The Morgan fingerprint density at radius 1 is 1.50 bits per heavy atom. The summed E-state index contributed by atoms with van der Waals surface area (Å²) >= 11 is 7.04. The van der Waals surface area contributed by atoms with Crippen LogP contribution in [-0.2, 0) is 0 Å². The number of rotatable bonds is 3. The molecule has 2 N–H and O–H groups in total. The van der Waals surface area contributed by atoms with Crippen LogP contribution in [0.1, 0.15) is 10.4 Å². The van der Waals surface area contributed by atoms with Crippen molar-refractivity contribution in [3.05, 3.63) is 51.2 Å². The summed E-state index contributed by atoms with van der Waals surface area (Å²) in [6.07, 6.45) is 2.92. The highest BCUT2D eigenvalue weighted by molar-refractivity contribution is 7.98. The van der Waals surface area contributed by atoms with E-state index in [0.717, 1.165) is 12.1 Å². The van der Waals surface area contributed by atoms with Crippen molar-refractivity contribution in [2.75, 3.05) is 11.6 Å². The van der Waals surface area contributed by atoms with Crippen LogP contribution in [0, 0.1) is 5.82 Å². The monoisotopic (exact) mass is 313 g/mol. The highest BCUT2D eigenvalue weighted by atomic mass is 35.5. The number of thioether (sulfide) groups is 1. The molecule has 0 spiro atoms. The van der Waals surface area contributed by atoms with Crippen LogP contribution in [-0.4, -0.2) is 22.1 Å². The van der Waals surface area contributed by atoms with E-state index in [-0.39, 0.29) is 16.3 Å². The number of aromatic nitrogens is 2. The van der Waals surface area contributed by atoms with Crippen molar-refractivity contribution in [2.45, 2.75) is 5.16 Å². The molecule has 0 saturated carbocycles. The van der Waals surface area contributed by atoms with Gasteiger partial charge in [0.15, 0.2) is 5.16 Å². The third-order valence-corrected chi connectivity index (χ3v) is 3.30. The lowest BCUT2D eigenvalue weighted by atomic mass is 10.2. The zero-order chi connectivity index (χ0) is 14.7. The first-order valence-electron chi connectivity index (χ1n) is 5.41. The summed E-state index contributed by atoms with van der Waals surface area (Å²) in [6, 6.07) is 3.53. The third-order valence-electron chi connectivity index (χ3n) is 2.39. The minimum Gasteiger partial charge on any atom is -0.320 e. The molecule has 104 valence electrons. The molecule has 0 aliphatic heterocycles. The van der Waals surface area contributed by atoms with Crippen molar-refractivity contribution in [1.29, 1.82) is 0 Å². The van der Waals surface area contributed by atoms with Gasteiger partial charge in [0.2, 0.25) is 0 Å². The molecular formula is C12H9ClFN3O2S. The van der Waals surface area contributed by atoms with Crippen LogP contribution >= 0.6 is 23.4 Å². The molecule has 20 heavy (non-hydrogen) atoms.